The molecule has 0 aromatic heterocycles. The molecule has 122 valence electrons. The van der Waals surface area contributed by atoms with Gasteiger partial charge in [-0.3, -0.25) is 4.79 Å². The molecular weight excluding hydrogens is 300 g/mol. The molecule has 5 nitrogen and oxygen atoms in total. The molecule has 0 saturated carbocycles. The monoisotopic (exact) mass is 324 g/mol. The van der Waals surface area contributed by atoms with E-state index in [1.54, 1.807) is 32.9 Å². The van der Waals surface area contributed by atoms with E-state index in [0.717, 1.165) is 25.9 Å². The molecule has 1 N–H and O–H groups in total. The van der Waals surface area contributed by atoms with Crippen LogP contribution in [0, 0.1) is 0 Å². The molecule has 1 aliphatic rings. The summed E-state index contributed by atoms with van der Waals surface area (Å²) in [6.07, 6.45) is 3.24. The van der Waals surface area contributed by atoms with Gasteiger partial charge in [-0.25, -0.2) is 13.1 Å². The van der Waals surface area contributed by atoms with Crippen LogP contribution in [0.25, 0.3) is 0 Å². The SMILES string of the molecule is CC(C)(C)NS(=O)(=O)c1ccc(C(=O)N2CCCCC2)cc1. The van der Waals surface area contributed by atoms with Crippen molar-refractivity contribution in [1.29, 1.82) is 0 Å². The van der Waals surface area contributed by atoms with E-state index in [2.05, 4.69) is 4.72 Å². The normalized spacial score (nSPS) is 16.6. The summed E-state index contributed by atoms with van der Waals surface area (Å²) in [6.45, 7) is 6.94. The minimum absolute atomic E-state index is 0.0209. The van der Waals surface area contributed by atoms with Gasteiger partial charge in [-0.05, 0) is 64.3 Å². The van der Waals surface area contributed by atoms with Gasteiger partial charge in [0.25, 0.3) is 5.91 Å². The topological polar surface area (TPSA) is 66.5 Å². The van der Waals surface area contributed by atoms with Crippen LogP contribution in [-0.2, 0) is 10.0 Å². The Kier molecular flexibility index (Phi) is 4.92. The molecule has 0 unspecified atom stereocenters. The molecule has 22 heavy (non-hydrogen) atoms. The molecule has 1 heterocycles. The lowest BCUT2D eigenvalue weighted by Crippen LogP contribution is -2.40. The molecule has 1 aromatic rings. The predicted molar refractivity (Wildman–Crippen MR) is 86.3 cm³/mol. The molecule has 6 heteroatoms. The maximum Gasteiger partial charge on any atom is 0.253 e. The second kappa shape index (κ2) is 6.38. The van der Waals surface area contributed by atoms with Crippen LogP contribution in [0.5, 0.6) is 0 Å². The third-order valence-corrected chi connectivity index (χ3v) is 5.27. The molecule has 0 radical (unpaired) electrons. The van der Waals surface area contributed by atoms with Gasteiger partial charge in [-0.1, -0.05) is 0 Å². The van der Waals surface area contributed by atoms with E-state index in [4.69, 9.17) is 0 Å². The van der Waals surface area contributed by atoms with Gasteiger partial charge in [0, 0.05) is 24.2 Å². The zero-order chi connectivity index (χ0) is 16.4. The van der Waals surface area contributed by atoms with E-state index >= 15 is 0 Å². The Bertz CT molecular complexity index is 624. The van der Waals surface area contributed by atoms with Crippen molar-refractivity contribution in [1.82, 2.24) is 9.62 Å². The molecule has 0 bridgehead atoms. The van der Waals surface area contributed by atoms with Crippen molar-refractivity contribution in [2.75, 3.05) is 13.1 Å². The number of sulfonamides is 1. The van der Waals surface area contributed by atoms with Crippen molar-refractivity contribution in [3.63, 3.8) is 0 Å². The highest BCUT2D eigenvalue weighted by Crippen LogP contribution is 2.17. The summed E-state index contributed by atoms with van der Waals surface area (Å²) in [7, 11) is -3.56. The van der Waals surface area contributed by atoms with Crippen molar-refractivity contribution in [3.05, 3.63) is 29.8 Å². The van der Waals surface area contributed by atoms with Crippen molar-refractivity contribution in [2.24, 2.45) is 0 Å². The van der Waals surface area contributed by atoms with Crippen LogP contribution >= 0.6 is 0 Å². The number of likely N-dealkylation sites (tertiary alicyclic amines) is 1. The highest BCUT2D eigenvalue weighted by atomic mass is 32.2. The molecular formula is C16H24N2O3S. The first-order chi connectivity index (χ1) is 10.2. The van der Waals surface area contributed by atoms with Gasteiger partial charge in [-0.2, -0.15) is 0 Å². The minimum atomic E-state index is -3.56. The number of carbonyl (C=O) groups is 1. The van der Waals surface area contributed by atoms with E-state index in [0.29, 0.717) is 5.56 Å². The maximum absolute atomic E-state index is 12.4. The molecule has 1 aliphatic heterocycles. The summed E-state index contributed by atoms with van der Waals surface area (Å²) in [6, 6.07) is 6.17. The molecule has 2 rings (SSSR count). The quantitative estimate of drug-likeness (QED) is 0.928. The lowest BCUT2D eigenvalue weighted by Gasteiger charge is -2.26. The van der Waals surface area contributed by atoms with Crippen molar-refractivity contribution < 1.29 is 13.2 Å². The Labute approximate surface area is 132 Å². The predicted octanol–water partition coefficient (Wildman–Crippen LogP) is 2.39. The van der Waals surface area contributed by atoms with E-state index in [9.17, 15) is 13.2 Å². The highest BCUT2D eigenvalue weighted by molar-refractivity contribution is 7.89. The van der Waals surface area contributed by atoms with E-state index < -0.39 is 15.6 Å². The summed E-state index contributed by atoms with van der Waals surface area (Å²) >= 11 is 0. The summed E-state index contributed by atoms with van der Waals surface area (Å²) in [5.74, 6) is -0.0209. The average Bonchev–Trinajstić information content (AvgIpc) is 2.45. The fourth-order valence-electron chi connectivity index (χ4n) is 2.52. The first-order valence-electron chi connectivity index (χ1n) is 7.62. The Morgan fingerprint density at radius 3 is 2.09 bits per heavy atom. The van der Waals surface area contributed by atoms with Crippen LogP contribution in [0.3, 0.4) is 0 Å². The molecule has 0 aliphatic carbocycles. The van der Waals surface area contributed by atoms with Crippen LogP contribution < -0.4 is 4.72 Å². The minimum Gasteiger partial charge on any atom is -0.339 e. The standard InChI is InChI=1S/C16H24N2O3S/c1-16(2,3)17-22(20,21)14-9-7-13(8-10-14)15(19)18-11-5-4-6-12-18/h7-10,17H,4-6,11-12H2,1-3H3. The molecule has 1 saturated heterocycles. The van der Waals surface area contributed by atoms with Gasteiger partial charge in [-0.15, -0.1) is 0 Å². The Morgan fingerprint density at radius 1 is 1.05 bits per heavy atom. The smallest absolute Gasteiger partial charge is 0.253 e. The van der Waals surface area contributed by atoms with Crippen molar-refractivity contribution in [3.8, 4) is 0 Å². The number of benzene rings is 1. The number of hydrogen-bond acceptors (Lipinski definition) is 3. The number of hydrogen-bond donors (Lipinski definition) is 1. The molecule has 1 aromatic carbocycles. The second-order valence-electron chi connectivity index (χ2n) is 6.73. The molecule has 1 amide bonds. The summed E-state index contributed by atoms with van der Waals surface area (Å²) in [5, 5.41) is 0. The van der Waals surface area contributed by atoms with Crippen molar-refractivity contribution in [2.45, 2.75) is 50.5 Å². The fourth-order valence-corrected chi connectivity index (χ4v) is 3.94. The first-order valence-corrected chi connectivity index (χ1v) is 9.11. The average molecular weight is 324 g/mol. The van der Waals surface area contributed by atoms with Gasteiger partial charge in [0.05, 0.1) is 4.90 Å². The van der Waals surface area contributed by atoms with Gasteiger partial charge < -0.3 is 4.90 Å². The Morgan fingerprint density at radius 2 is 1.59 bits per heavy atom. The van der Waals surface area contributed by atoms with Crippen LogP contribution in [0.2, 0.25) is 0 Å². The van der Waals surface area contributed by atoms with E-state index in [1.165, 1.54) is 18.6 Å². The first kappa shape index (κ1) is 17.0. The lowest BCUT2D eigenvalue weighted by molar-refractivity contribution is 0.0724. The summed E-state index contributed by atoms with van der Waals surface area (Å²) in [5.41, 5.74) is -0.00202. The second-order valence-corrected chi connectivity index (χ2v) is 8.42. The number of nitrogens with one attached hydrogen (secondary N) is 1. The molecule has 0 atom stereocenters. The van der Waals surface area contributed by atoms with Gasteiger partial charge in [0.2, 0.25) is 10.0 Å². The van der Waals surface area contributed by atoms with Gasteiger partial charge in [0.15, 0.2) is 0 Å². The number of rotatable bonds is 3. The molecule has 1 fully saturated rings. The third-order valence-electron chi connectivity index (χ3n) is 3.50. The van der Waals surface area contributed by atoms with Crippen LogP contribution in [0.4, 0.5) is 0 Å². The van der Waals surface area contributed by atoms with Gasteiger partial charge >= 0.3 is 0 Å². The Balaban J connectivity index is 2.14. The zero-order valence-corrected chi connectivity index (χ0v) is 14.2. The lowest BCUT2D eigenvalue weighted by atomic mass is 10.1. The van der Waals surface area contributed by atoms with Crippen molar-refractivity contribution >= 4 is 15.9 Å². The number of piperidine rings is 1. The summed E-state index contributed by atoms with van der Waals surface area (Å²) in [4.78, 5) is 14.4. The third kappa shape index (κ3) is 4.30. The number of amides is 1. The van der Waals surface area contributed by atoms with Crippen LogP contribution in [0.15, 0.2) is 29.2 Å². The largest absolute Gasteiger partial charge is 0.339 e. The highest BCUT2D eigenvalue weighted by Gasteiger charge is 2.23. The van der Waals surface area contributed by atoms with Crippen LogP contribution in [0.1, 0.15) is 50.4 Å². The van der Waals surface area contributed by atoms with E-state index in [-0.39, 0.29) is 10.8 Å². The maximum atomic E-state index is 12.4. The Hall–Kier alpha value is -1.40. The number of nitrogens with zero attached hydrogens (tertiary/aromatic N) is 1. The molecule has 0 spiro atoms. The number of carbonyl (C=O) groups excluding carboxylic acids is 1. The summed E-state index contributed by atoms with van der Waals surface area (Å²) < 4.78 is 27.0. The van der Waals surface area contributed by atoms with Gasteiger partial charge in [0.1, 0.15) is 0 Å². The van der Waals surface area contributed by atoms with E-state index in [1.807, 2.05) is 4.90 Å². The zero-order valence-electron chi connectivity index (χ0n) is 13.4. The van der Waals surface area contributed by atoms with Crippen LogP contribution in [-0.4, -0.2) is 37.9 Å². The fraction of sp³-hybridized carbons (Fsp3) is 0.562.